The Morgan fingerprint density at radius 3 is 2.58 bits per heavy atom. The van der Waals surface area contributed by atoms with Gasteiger partial charge in [-0.15, -0.1) is 0 Å². The molecule has 1 fully saturated rings. The maximum Gasteiger partial charge on any atom is 0.257 e. The Morgan fingerprint density at radius 1 is 1.12 bits per heavy atom. The summed E-state index contributed by atoms with van der Waals surface area (Å²) >= 11 is 0. The van der Waals surface area contributed by atoms with Crippen LogP contribution in [-0.4, -0.2) is 36.5 Å². The van der Waals surface area contributed by atoms with Gasteiger partial charge in [-0.05, 0) is 68.1 Å². The Bertz CT molecular complexity index is 886. The lowest BCUT2D eigenvalue weighted by atomic mass is 10.0. The Balaban J connectivity index is 1.64. The van der Waals surface area contributed by atoms with E-state index in [2.05, 4.69) is 16.3 Å². The minimum atomic E-state index is -0.160. The Labute approximate surface area is 153 Å². The number of nitrogens with zero attached hydrogens (tertiary/aromatic N) is 2. The number of hydrogen-bond donors (Lipinski definition) is 1. The van der Waals surface area contributed by atoms with Crippen LogP contribution in [0.3, 0.4) is 0 Å². The lowest BCUT2D eigenvalue weighted by molar-refractivity contribution is 0.0719. The monoisotopic (exact) mass is 349 g/mol. The molecule has 4 rings (SSSR count). The van der Waals surface area contributed by atoms with Gasteiger partial charge in [-0.3, -0.25) is 9.59 Å². The summed E-state index contributed by atoms with van der Waals surface area (Å²) < 4.78 is 0. The maximum absolute atomic E-state index is 12.7. The number of nitrogens with one attached hydrogen (secondary N) is 1. The third kappa shape index (κ3) is 2.73. The third-order valence-electron chi connectivity index (χ3n) is 5.28. The molecule has 0 saturated carbocycles. The minimum Gasteiger partial charge on any atom is -0.354 e. The molecule has 0 aromatic heterocycles. The lowest BCUT2D eigenvalue weighted by Gasteiger charge is -2.40. The van der Waals surface area contributed by atoms with Crippen LogP contribution in [0, 0.1) is 13.8 Å². The molecule has 2 amide bonds. The molecule has 5 heteroatoms. The minimum absolute atomic E-state index is 0.0712. The van der Waals surface area contributed by atoms with Gasteiger partial charge in [0, 0.05) is 24.8 Å². The molecule has 0 bridgehead atoms. The van der Waals surface area contributed by atoms with Crippen LogP contribution in [0.4, 0.5) is 11.4 Å². The fraction of sp³-hybridized carbons (Fsp3) is 0.333. The van der Waals surface area contributed by atoms with E-state index in [0.29, 0.717) is 11.1 Å². The Morgan fingerprint density at radius 2 is 1.85 bits per heavy atom. The van der Waals surface area contributed by atoms with Gasteiger partial charge in [0.2, 0.25) is 0 Å². The fourth-order valence-electron chi connectivity index (χ4n) is 4.10. The molecular formula is C21H23N3O2. The number of amides is 2. The first kappa shape index (κ1) is 16.6. The average Bonchev–Trinajstić information content (AvgIpc) is 3.08. The van der Waals surface area contributed by atoms with Crippen LogP contribution in [-0.2, 0) is 0 Å². The van der Waals surface area contributed by atoms with Crippen LogP contribution in [0.15, 0.2) is 36.4 Å². The van der Waals surface area contributed by atoms with Crippen LogP contribution >= 0.6 is 0 Å². The first-order valence-electron chi connectivity index (χ1n) is 9.01. The summed E-state index contributed by atoms with van der Waals surface area (Å²) in [5.74, 6) is -0.0885. The highest BCUT2D eigenvalue weighted by molar-refractivity contribution is 6.08. The van der Waals surface area contributed by atoms with Crippen molar-refractivity contribution in [1.82, 2.24) is 4.90 Å². The Kier molecular flexibility index (Phi) is 3.94. The van der Waals surface area contributed by atoms with E-state index in [-0.39, 0.29) is 18.0 Å². The number of carbonyl (C=O) groups is 2. The molecule has 0 spiro atoms. The largest absolute Gasteiger partial charge is 0.354 e. The molecule has 0 unspecified atom stereocenters. The van der Waals surface area contributed by atoms with Gasteiger partial charge in [-0.1, -0.05) is 6.07 Å². The van der Waals surface area contributed by atoms with Gasteiger partial charge >= 0.3 is 0 Å². The normalized spacial score (nSPS) is 18.6. The number of benzene rings is 2. The van der Waals surface area contributed by atoms with Gasteiger partial charge in [-0.25, -0.2) is 0 Å². The number of anilines is 2. The van der Waals surface area contributed by atoms with E-state index in [4.69, 9.17) is 0 Å². The summed E-state index contributed by atoms with van der Waals surface area (Å²) in [6, 6.07) is 11.3. The zero-order valence-electron chi connectivity index (χ0n) is 15.4. The highest BCUT2D eigenvalue weighted by Gasteiger charge is 2.38. The molecule has 2 aliphatic heterocycles. The molecule has 0 aliphatic carbocycles. The molecule has 2 aliphatic rings. The SMILES string of the molecule is Cc1cc(C)cc(NC(=O)c2ccc3c(c2)N(C)[C@@H]2CCCN2C3=O)c1. The van der Waals surface area contributed by atoms with E-state index in [9.17, 15) is 9.59 Å². The number of carbonyl (C=O) groups excluding carboxylic acids is 2. The van der Waals surface area contributed by atoms with Crippen molar-refractivity contribution in [3.63, 3.8) is 0 Å². The smallest absolute Gasteiger partial charge is 0.257 e. The van der Waals surface area contributed by atoms with E-state index in [1.807, 2.05) is 44.0 Å². The molecule has 2 aromatic rings. The maximum atomic E-state index is 12.7. The van der Waals surface area contributed by atoms with Gasteiger partial charge in [0.1, 0.15) is 6.17 Å². The first-order chi connectivity index (χ1) is 12.4. The Hall–Kier alpha value is -2.82. The molecular weight excluding hydrogens is 326 g/mol. The van der Waals surface area contributed by atoms with Crippen molar-refractivity contribution in [1.29, 1.82) is 0 Å². The van der Waals surface area contributed by atoms with Crippen molar-refractivity contribution in [2.45, 2.75) is 32.9 Å². The van der Waals surface area contributed by atoms with Crippen molar-refractivity contribution in [2.24, 2.45) is 0 Å². The first-order valence-corrected chi connectivity index (χ1v) is 9.01. The van der Waals surface area contributed by atoms with Gasteiger partial charge in [0.05, 0.1) is 11.3 Å². The summed E-state index contributed by atoms with van der Waals surface area (Å²) in [7, 11) is 2.00. The van der Waals surface area contributed by atoms with Gasteiger partial charge in [0.25, 0.3) is 11.8 Å². The number of hydrogen-bond acceptors (Lipinski definition) is 3. The fourth-order valence-corrected chi connectivity index (χ4v) is 4.10. The van der Waals surface area contributed by atoms with E-state index in [0.717, 1.165) is 41.9 Å². The van der Waals surface area contributed by atoms with Crippen molar-refractivity contribution in [2.75, 3.05) is 23.8 Å². The van der Waals surface area contributed by atoms with Gasteiger partial charge < -0.3 is 15.1 Å². The van der Waals surface area contributed by atoms with E-state index < -0.39 is 0 Å². The van der Waals surface area contributed by atoms with Crippen molar-refractivity contribution >= 4 is 23.2 Å². The highest BCUT2D eigenvalue weighted by atomic mass is 16.2. The standard InChI is InChI=1S/C21H23N3O2/c1-13-9-14(2)11-16(10-13)22-20(25)15-6-7-17-18(12-15)23(3)19-5-4-8-24(19)21(17)26/h6-7,9-12,19H,4-5,8H2,1-3H3,(H,22,25)/t19-/m0/s1. The second-order valence-corrected chi connectivity index (χ2v) is 7.29. The topological polar surface area (TPSA) is 52.7 Å². The zero-order valence-corrected chi connectivity index (χ0v) is 15.4. The van der Waals surface area contributed by atoms with Crippen LogP contribution in [0.5, 0.6) is 0 Å². The molecule has 26 heavy (non-hydrogen) atoms. The third-order valence-corrected chi connectivity index (χ3v) is 5.28. The average molecular weight is 349 g/mol. The molecule has 1 N–H and O–H groups in total. The van der Waals surface area contributed by atoms with Gasteiger partial charge in [0.15, 0.2) is 0 Å². The molecule has 134 valence electrons. The molecule has 5 nitrogen and oxygen atoms in total. The van der Waals surface area contributed by atoms with E-state index in [1.165, 1.54) is 0 Å². The quantitative estimate of drug-likeness (QED) is 0.902. The summed E-state index contributed by atoms with van der Waals surface area (Å²) in [5, 5.41) is 2.97. The molecule has 2 heterocycles. The number of rotatable bonds is 2. The molecule has 0 radical (unpaired) electrons. The number of aryl methyl sites for hydroxylation is 2. The van der Waals surface area contributed by atoms with Crippen molar-refractivity contribution < 1.29 is 9.59 Å². The predicted molar refractivity (Wildman–Crippen MR) is 103 cm³/mol. The molecule has 1 atom stereocenters. The lowest BCUT2D eigenvalue weighted by Crippen LogP contribution is -2.50. The van der Waals surface area contributed by atoms with Crippen LogP contribution in [0.2, 0.25) is 0 Å². The predicted octanol–water partition coefficient (Wildman–Crippen LogP) is 3.57. The van der Waals surface area contributed by atoms with Crippen molar-refractivity contribution in [3.05, 3.63) is 58.7 Å². The summed E-state index contributed by atoms with van der Waals surface area (Å²) in [4.78, 5) is 29.5. The van der Waals surface area contributed by atoms with Crippen LogP contribution in [0.1, 0.15) is 44.7 Å². The summed E-state index contributed by atoms with van der Waals surface area (Å²) in [6.07, 6.45) is 2.10. The second kappa shape index (κ2) is 6.16. The zero-order chi connectivity index (χ0) is 18.4. The second-order valence-electron chi connectivity index (χ2n) is 7.29. The van der Waals surface area contributed by atoms with Crippen LogP contribution in [0.25, 0.3) is 0 Å². The summed E-state index contributed by atoms with van der Waals surface area (Å²) in [5.41, 5.74) is 5.08. The van der Waals surface area contributed by atoms with E-state index in [1.54, 1.807) is 12.1 Å². The highest BCUT2D eigenvalue weighted by Crippen LogP contribution is 2.35. The van der Waals surface area contributed by atoms with Crippen molar-refractivity contribution in [3.8, 4) is 0 Å². The molecule has 1 saturated heterocycles. The number of fused-ring (bicyclic) bond motifs is 2. The van der Waals surface area contributed by atoms with Gasteiger partial charge in [-0.2, -0.15) is 0 Å². The van der Waals surface area contributed by atoms with Crippen LogP contribution < -0.4 is 10.2 Å². The molecule has 2 aromatic carbocycles. The van der Waals surface area contributed by atoms with E-state index >= 15 is 0 Å². The summed E-state index contributed by atoms with van der Waals surface area (Å²) in [6.45, 7) is 4.83.